The first-order valence-electron chi connectivity index (χ1n) is 9.65. The van der Waals surface area contributed by atoms with Crippen LogP contribution in [-0.4, -0.2) is 22.6 Å². The molecule has 0 radical (unpaired) electrons. The molecule has 3 rings (SSSR count). The summed E-state index contributed by atoms with van der Waals surface area (Å²) in [6, 6.07) is 7.12. The monoisotopic (exact) mass is 416 g/mol. The van der Waals surface area contributed by atoms with Gasteiger partial charge in [0.2, 0.25) is 0 Å². The second-order valence-corrected chi connectivity index (χ2v) is 8.20. The van der Waals surface area contributed by atoms with Crippen LogP contribution in [-0.2, 0) is 6.42 Å². The van der Waals surface area contributed by atoms with Crippen molar-refractivity contribution in [2.45, 2.75) is 65.8 Å². The molecule has 1 aromatic heterocycles. The van der Waals surface area contributed by atoms with Gasteiger partial charge in [-0.05, 0) is 65.7 Å². The van der Waals surface area contributed by atoms with Crippen molar-refractivity contribution in [3.05, 3.63) is 39.6 Å². The van der Waals surface area contributed by atoms with Gasteiger partial charge in [-0.2, -0.15) is 0 Å². The van der Waals surface area contributed by atoms with E-state index in [9.17, 15) is 0 Å². The van der Waals surface area contributed by atoms with Gasteiger partial charge in [-0.15, -0.1) is 0 Å². The van der Waals surface area contributed by atoms with E-state index in [4.69, 9.17) is 9.97 Å². The molecule has 0 aliphatic carbocycles. The van der Waals surface area contributed by atoms with E-state index in [1.54, 1.807) is 0 Å². The minimum Gasteiger partial charge on any atom is -0.367 e. The average molecular weight is 417 g/mol. The van der Waals surface area contributed by atoms with Crippen LogP contribution in [0.2, 0.25) is 0 Å². The maximum atomic E-state index is 4.78. The van der Waals surface area contributed by atoms with Crippen LogP contribution in [0.5, 0.6) is 0 Å². The van der Waals surface area contributed by atoms with Crippen molar-refractivity contribution in [3.8, 4) is 0 Å². The molecule has 2 heterocycles. The number of hydrogen-bond donors (Lipinski definition) is 1. The van der Waals surface area contributed by atoms with Crippen LogP contribution < -0.4 is 10.2 Å². The molecule has 5 heteroatoms. The van der Waals surface area contributed by atoms with E-state index >= 15 is 0 Å². The van der Waals surface area contributed by atoms with Crippen molar-refractivity contribution in [3.63, 3.8) is 0 Å². The molecule has 1 aliphatic heterocycles. The van der Waals surface area contributed by atoms with E-state index < -0.39 is 0 Å². The Kier molecular flexibility index (Phi) is 5.86. The summed E-state index contributed by atoms with van der Waals surface area (Å²) in [6.45, 7) is 11.8. The van der Waals surface area contributed by atoms with Gasteiger partial charge in [-0.25, -0.2) is 9.97 Å². The fourth-order valence-electron chi connectivity index (χ4n) is 3.51. The first-order valence-corrected chi connectivity index (χ1v) is 10.4. The normalized spacial score (nSPS) is 13.6. The molecule has 4 nitrogen and oxygen atoms in total. The number of fused-ring (bicyclic) bond motifs is 1. The zero-order chi connectivity index (χ0) is 18.8. The molecule has 1 aliphatic rings. The molecule has 0 atom stereocenters. The van der Waals surface area contributed by atoms with Crippen LogP contribution >= 0.6 is 15.9 Å². The smallest absolute Gasteiger partial charge is 0.142 e. The predicted octanol–water partition coefficient (Wildman–Crippen LogP) is 5.97. The van der Waals surface area contributed by atoms with Gasteiger partial charge in [-0.1, -0.05) is 33.8 Å². The maximum absolute atomic E-state index is 4.78. The fraction of sp³-hybridized carbons (Fsp3) is 0.524. The highest BCUT2D eigenvalue weighted by atomic mass is 79.9. The standard InChI is InChI=1S/C21H29BrN4/c1-6-16(7-2)25-20-17-10-11-26(21(17)24-14(5)23-20)19-9-8-15(13(3)4)12-18(19)22/h8-9,12-13,16H,6-7,10-11H2,1-5H3,(H,23,24,25). The molecular formula is C21H29BrN4. The molecule has 0 fully saturated rings. The van der Waals surface area contributed by atoms with Crippen LogP contribution in [0, 0.1) is 6.92 Å². The van der Waals surface area contributed by atoms with Crippen molar-refractivity contribution in [1.29, 1.82) is 0 Å². The number of halogens is 1. The first-order chi connectivity index (χ1) is 12.4. The van der Waals surface area contributed by atoms with Crippen molar-refractivity contribution in [2.75, 3.05) is 16.8 Å². The van der Waals surface area contributed by atoms with E-state index in [-0.39, 0.29) is 0 Å². The van der Waals surface area contributed by atoms with Gasteiger partial charge in [0.15, 0.2) is 0 Å². The van der Waals surface area contributed by atoms with Crippen LogP contribution in [0.15, 0.2) is 22.7 Å². The van der Waals surface area contributed by atoms with Gasteiger partial charge in [0, 0.05) is 22.6 Å². The van der Waals surface area contributed by atoms with Gasteiger partial charge in [0.05, 0.1) is 5.69 Å². The number of benzene rings is 1. The highest BCUT2D eigenvalue weighted by Gasteiger charge is 2.28. The molecule has 0 saturated carbocycles. The molecule has 140 valence electrons. The Bertz CT molecular complexity index is 784. The molecule has 2 aromatic rings. The Labute approximate surface area is 165 Å². The molecule has 1 N–H and O–H groups in total. The van der Waals surface area contributed by atoms with Gasteiger partial charge in [0.1, 0.15) is 17.5 Å². The summed E-state index contributed by atoms with van der Waals surface area (Å²) in [5.41, 5.74) is 3.76. The largest absolute Gasteiger partial charge is 0.367 e. The topological polar surface area (TPSA) is 41.1 Å². The van der Waals surface area contributed by atoms with Crippen molar-refractivity contribution in [2.24, 2.45) is 0 Å². The molecule has 1 aromatic carbocycles. The third-order valence-electron chi connectivity index (χ3n) is 5.19. The second kappa shape index (κ2) is 7.95. The summed E-state index contributed by atoms with van der Waals surface area (Å²) < 4.78 is 1.13. The van der Waals surface area contributed by atoms with Crippen LogP contribution in [0.25, 0.3) is 0 Å². The van der Waals surface area contributed by atoms with Gasteiger partial charge in [0.25, 0.3) is 0 Å². The van der Waals surface area contributed by atoms with Gasteiger partial charge >= 0.3 is 0 Å². The maximum Gasteiger partial charge on any atom is 0.142 e. The van der Waals surface area contributed by atoms with E-state index in [1.165, 1.54) is 16.8 Å². The first kappa shape index (κ1) is 19.2. The Hall–Kier alpha value is -1.62. The van der Waals surface area contributed by atoms with Crippen LogP contribution in [0.1, 0.15) is 63.4 Å². The number of aryl methyl sites for hydroxylation is 1. The quantitative estimate of drug-likeness (QED) is 0.629. The lowest BCUT2D eigenvalue weighted by Gasteiger charge is -2.22. The van der Waals surface area contributed by atoms with Crippen molar-refractivity contribution >= 4 is 33.3 Å². The molecule has 0 saturated heterocycles. The minimum absolute atomic E-state index is 0.458. The molecule has 26 heavy (non-hydrogen) atoms. The molecule has 0 spiro atoms. The predicted molar refractivity (Wildman–Crippen MR) is 114 cm³/mol. The lowest BCUT2D eigenvalue weighted by atomic mass is 10.0. The summed E-state index contributed by atoms with van der Waals surface area (Å²) in [7, 11) is 0. The summed E-state index contributed by atoms with van der Waals surface area (Å²) >= 11 is 3.78. The minimum atomic E-state index is 0.458. The zero-order valence-corrected chi connectivity index (χ0v) is 18.0. The number of anilines is 3. The Morgan fingerprint density at radius 1 is 1.19 bits per heavy atom. The van der Waals surface area contributed by atoms with E-state index in [0.717, 1.165) is 47.7 Å². The highest BCUT2D eigenvalue weighted by Crippen LogP contribution is 2.40. The SMILES string of the molecule is CCC(CC)Nc1nc(C)nc2c1CCN2c1ccc(C(C)C)cc1Br. The number of nitrogens with one attached hydrogen (secondary N) is 1. The number of hydrogen-bond acceptors (Lipinski definition) is 4. The Morgan fingerprint density at radius 2 is 1.92 bits per heavy atom. The fourth-order valence-corrected chi connectivity index (χ4v) is 4.12. The van der Waals surface area contributed by atoms with Crippen molar-refractivity contribution in [1.82, 2.24) is 9.97 Å². The number of nitrogens with zero attached hydrogens (tertiary/aromatic N) is 3. The van der Waals surface area contributed by atoms with E-state index in [0.29, 0.717) is 12.0 Å². The number of rotatable bonds is 6. The molecule has 0 unspecified atom stereocenters. The number of aromatic nitrogens is 2. The van der Waals surface area contributed by atoms with Crippen LogP contribution in [0.4, 0.5) is 17.3 Å². The van der Waals surface area contributed by atoms with E-state index in [2.05, 4.69) is 72.0 Å². The van der Waals surface area contributed by atoms with E-state index in [1.807, 2.05) is 6.92 Å². The van der Waals surface area contributed by atoms with Crippen LogP contribution in [0.3, 0.4) is 0 Å². The summed E-state index contributed by atoms with van der Waals surface area (Å²) in [5.74, 6) is 3.40. The lowest BCUT2D eigenvalue weighted by Crippen LogP contribution is -2.20. The Balaban J connectivity index is 1.98. The summed E-state index contributed by atoms with van der Waals surface area (Å²) in [6.07, 6.45) is 3.16. The summed E-state index contributed by atoms with van der Waals surface area (Å²) in [5, 5.41) is 3.64. The highest BCUT2D eigenvalue weighted by molar-refractivity contribution is 9.10. The molecule has 0 bridgehead atoms. The second-order valence-electron chi connectivity index (χ2n) is 7.35. The lowest BCUT2D eigenvalue weighted by molar-refractivity contribution is 0.666. The third kappa shape index (κ3) is 3.73. The Morgan fingerprint density at radius 3 is 2.54 bits per heavy atom. The molecular weight excluding hydrogens is 388 g/mol. The van der Waals surface area contributed by atoms with Crippen molar-refractivity contribution < 1.29 is 0 Å². The van der Waals surface area contributed by atoms with Gasteiger partial charge in [-0.3, -0.25) is 0 Å². The third-order valence-corrected chi connectivity index (χ3v) is 5.83. The zero-order valence-electron chi connectivity index (χ0n) is 16.4. The molecule has 0 amide bonds. The average Bonchev–Trinajstić information content (AvgIpc) is 3.02. The van der Waals surface area contributed by atoms with Gasteiger partial charge < -0.3 is 10.2 Å². The summed E-state index contributed by atoms with van der Waals surface area (Å²) in [4.78, 5) is 11.8.